The molecule has 0 bridgehead atoms. The van der Waals surface area contributed by atoms with Crippen LogP contribution in [0.1, 0.15) is 23.7 Å². The normalized spacial score (nSPS) is 15.0. The van der Waals surface area contributed by atoms with E-state index in [2.05, 4.69) is 10.6 Å². The van der Waals surface area contributed by atoms with Crippen molar-refractivity contribution in [3.05, 3.63) is 54.1 Å². The topological polar surface area (TPSA) is 85.9 Å². The maximum Gasteiger partial charge on any atom is 0.338 e. The highest BCUT2D eigenvalue weighted by Gasteiger charge is 2.20. The number of para-hydroxylation sites is 2. The Kier molecular flexibility index (Phi) is 6.86. The molecular formula is C21H24N2O5. The Bertz CT molecular complexity index is 807. The fraction of sp³-hybridized carbons (Fsp3) is 0.333. The maximum absolute atomic E-state index is 12.0. The molecule has 7 heteroatoms. The Hall–Kier alpha value is -3.06. The standard InChI is InChI=1S/C21H24N2O5/c1-2-26-21(25)15-7-9-16(10-8-15)23-20(24)11-12-22-13-17-14-27-18-5-3-4-6-19(18)28-17/h3-10,17,22H,2,11-14H2,1H3,(H,23,24). The smallest absolute Gasteiger partial charge is 0.338 e. The van der Waals surface area contributed by atoms with Crippen LogP contribution in [0, 0.1) is 0 Å². The first-order valence-electron chi connectivity index (χ1n) is 9.32. The molecule has 1 atom stereocenters. The van der Waals surface area contributed by atoms with Crippen LogP contribution < -0.4 is 20.1 Å². The van der Waals surface area contributed by atoms with E-state index in [0.717, 1.165) is 11.5 Å². The summed E-state index contributed by atoms with van der Waals surface area (Å²) < 4.78 is 16.4. The first-order chi connectivity index (χ1) is 13.7. The van der Waals surface area contributed by atoms with E-state index in [1.165, 1.54) is 0 Å². The van der Waals surface area contributed by atoms with Gasteiger partial charge in [0.25, 0.3) is 0 Å². The summed E-state index contributed by atoms with van der Waals surface area (Å²) in [5, 5.41) is 6.02. The van der Waals surface area contributed by atoms with Crippen molar-refractivity contribution >= 4 is 17.6 Å². The lowest BCUT2D eigenvalue weighted by molar-refractivity contribution is -0.116. The van der Waals surface area contributed by atoms with Gasteiger partial charge >= 0.3 is 5.97 Å². The largest absolute Gasteiger partial charge is 0.486 e. The molecule has 7 nitrogen and oxygen atoms in total. The predicted octanol–water partition coefficient (Wildman–Crippen LogP) is 2.62. The summed E-state index contributed by atoms with van der Waals surface area (Å²) in [6.07, 6.45) is 0.234. The Morgan fingerprint density at radius 1 is 1.11 bits per heavy atom. The second-order valence-electron chi connectivity index (χ2n) is 6.30. The molecule has 28 heavy (non-hydrogen) atoms. The van der Waals surface area contributed by atoms with Crippen molar-refractivity contribution in [2.24, 2.45) is 0 Å². The Morgan fingerprint density at radius 2 is 1.86 bits per heavy atom. The quantitative estimate of drug-likeness (QED) is 0.538. The van der Waals surface area contributed by atoms with Gasteiger partial charge in [0.15, 0.2) is 11.5 Å². The third-order valence-corrected chi connectivity index (χ3v) is 4.15. The van der Waals surface area contributed by atoms with Crippen LogP contribution in [0.4, 0.5) is 5.69 Å². The summed E-state index contributed by atoms with van der Waals surface area (Å²) in [4.78, 5) is 23.7. The number of nitrogens with one attached hydrogen (secondary N) is 2. The molecule has 0 saturated heterocycles. The van der Waals surface area contributed by atoms with E-state index in [0.29, 0.717) is 44.0 Å². The minimum Gasteiger partial charge on any atom is -0.486 e. The third-order valence-electron chi connectivity index (χ3n) is 4.15. The average Bonchev–Trinajstić information content (AvgIpc) is 2.72. The second-order valence-corrected chi connectivity index (χ2v) is 6.30. The molecule has 0 fully saturated rings. The summed E-state index contributed by atoms with van der Waals surface area (Å²) in [6.45, 7) is 3.68. The summed E-state index contributed by atoms with van der Waals surface area (Å²) in [7, 11) is 0. The fourth-order valence-corrected chi connectivity index (χ4v) is 2.76. The number of benzene rings is 2. The molecule has 0 aliphatic carbocycles. The molecule has 0 radical (unpaired) electrons. The van der Waals surface area contributed by atoms with Crippen molar-refractivity contribution in [2.45, 2.75) is 19.4 Å². The van der Waals surface area contributed by atoms with E-state index in [-0.39, 0.29) is 18.0 Å². The number of esters is 1. The van der Waals surface area contributed by atoms with Crippen LogP contribution >= 0.6 is 0 Å². The van der Waals surface area contributed by atoms with E-state index >= 15 is 0 Å². The number of ether oxygens (including phenoxy) is 3. The first kappa shape index (κ1) is 19.7. The van der Waals surface area contributed by atoms with Crippen LogP contribution in [0.5, 0.6) is 11.5 Å². The van der Waals surface area contributed by atoms with Gasteiger partial charge in [0, 0.05) is 25.2 Å². The first-order valence-corrected chi connectivity index (χ1v) is 9.32. The zero-order chi connectivity index (χ0) is 19.8. The summed E-state index contributed by atoms with van der Waals surface area (Å²) in [5.41, 5.74) is 1.09. The maximum atomic E-state index is 12.0. The highest BCUT2D eigenvalue weighted by atomic mass is 16.6. The SMILES string of the molecule is CCOC(=O)c1ccc(NC(=O)CCNCC2COc3ccccc3O2)cc1. The predicted molar refractivity (Wildman–Crippen MR) is 105 cm³/mol. The molecule has 2 aromatic rings. The van der Waals surface area contributed by atoms with Crippen molar-refractivity contribution < 1.29 is 23.8 Å². The van der Waals surface area contributed by atoms with Gasteiger partial charge in [-0.2, -0.15) is 0 Å². The van der Waals surface area contributed by atoms with Crippen molar-refractivity contribution in [2.75, 3.05) is 31.6 Å². The number of rotatable bonds is 8. The lowest BCUT2D eigenvalue weighted by atomic mass is 10.2. The van der Waals surface area contributed by atoms with Crippen LogP contribution in [-0.2, 0) is 9.53 Å². The fourth-order valence-electron chi connectivity index (χ4n) is 2.76. The van der Waals surface area contributed by atoms with Gasteiger partial charge in [-0.15, -0.1) is 0 Å². The zero-order valence-electron chi connectivity index (χ0n) is 15.8. The summed E-state index contributed by atoms with van der Waals surface area (Å²) in [6, 6.07) is 14.2. The van der Waals surface area contributed by atoms with Gasteiger partial charge in [0.1, 0.15) is 12.7 Å². The Morgan fingerprint density at radius 3 is 2.61 bits per heavy atom. The number of amides is 1. The molecular weight excluding hydrogens is 360 g/mol. The van der Waals surface area contributed by atoms with Gasteiger partial charge in [-0.1, -0.05) is 12.1 Å². The van der Waals surface area contributed by atoms with Crippen LogP contribution in [0.25, 0.3) is 0 Å². The van der Waals surface area contributed by atoms with E-state index in [4.69, 9.17) is 14.2 Å². The highest BCUT2D eigenvalue weighted by molar-refractivity contribution is 5.93. The zero-order valence-corrected chi connectivity index (χ0v) is 15.8. The average molecular weight is 384 g/mol. The molecule has 148 valence electrons. The van der Waals surface area contributed by atoms with Crippen LogP contribution in [0.15, 0.2) is 48.5 Å². The van der Waals surface area contributed by atoms with Gasteiger partial charge in [-0.3, -0.25) is 4.79 Å². The molecule has 0 saturated carbocycles. The number of hydrogen-bond donors (Lipinski definition) is 2. The van der Waals surface area contributed by atoms with Gasteiger partial charge < -0.3 is 24.8 Å². The summed E-state index contributed by atoms with van der Waals surface area (Å²) in [5.74, 6) is 1.01. The monoisotopic (exact) mass is 384 g/mol. The highest BCUT2D eigenvalue weighted by Crippen LogP contribution is 2.30. The third kappa shape index (κ3) is 5.47. The Labute approximate surface area is 164 Å². The number of anilines is 1. The molecule has 1 unspecified atom stereocenters. The molecule has 2 N–H and O–H groups in total. The molecule has 1 heterocycles. The van der Waals surface area contributed by atoms with Crippen molar-refractivity contribution in [1.29, 1.82) is 0 Å². The van der Waals surface area contributed by atoms with Crippen LogP contribution in [0.3, 0.4) is 0 Å². The van der Waals surface area contributed by atoms with Gasteiger partial charge in [-0.25, -0.2) is 4.79 Å². The van der Waals surface area contributed by atoms with Gasteiger partial charge in [0.05, 0.1) is 12.2 Å². The van der Waals surface area contributed by atoms with Crippen LogP contribution in [-0.4, -0.2) is 44.3 Å². The van der Waals surface area contributed by atoms with Crippen molar-refractivity contribution in [1.82, 2.24) is 5.32 Å². The van der Waals surface area contributed by atoms with Gasteiger partial charge in [0.2, 0.25) is 5.91 Å². The van der Waals surface area contributed by atoms with E-state index < -0.39 is 0 Å². The molecule has 1 aliphatic heterocycles. The van der Waals surface area contributed by atoms with E-state index in [1.54, 1.807) is 31.2 Å². The van der Waals surface area contributed by atoms with Crippen LogP contribution in [0.2, 0.25) is 0 Å². The van der Waals surface area contributed by atoms with Crippen molar-refractivity contribution in [3.8, 4) is 11.5 Å². The summed E-state index contributed by atoms with van der Waals surface area (Å²) >= 11 is 0. The number of carbonyl (C=O) groups excluding carboxylic acids is 2. The molecule has 3 rings (SSSR count). The number of carbonyl (C=O) groups is 2. The molecule has 1 aliphatic rings. The van der Waals surface area contributed by atoms with E-state index in [1.807, 2.05) is 24.3 Å². The lowest BCUT2D eigenvalue weighted by Crippen LogP contribution is -2.39. The van der Waals surface area contributed by atoms with Gasteiger partial charge in [-0.05, 0) is 43.3 Å². The van der Waals surface area contributed by atoms with E-state index in [9.17, 15) is 9.59 Å². The van der Waals surface area contributed by atoms with Crippen molar-refractivity contribution in [3.63, 3.8) is 0 Å². The minimum atomic E-state index is -0.374. The second kappa shape index (κ2) is 9.75. The molecule has 0 spiro atoms. The molecule has 2 aromatic carbocycles. The lowest BCUT2D eigenvalue weighted by Gasteiger charge is -2.26. The Balaban J connectivity index is 1.35. The molecule has 0 aromatic heterocycles. The number of hydrogen-bond acceptors (Lipinski definition) is 6. The number of fused-ring (bicyclic) bond motifs is 1. The minimum absolute atomic E-state index is 0.0895. The molecule has 1 amide bonds.